The van der Waals surface area contributed by atoms with E-state index in [4.69, 9.17) is 4.74 Å². The number of methoxy groups -OCH3 is 1. The van der Waals surface area contributed by atoms with Gasteiger partial charge in [0.25, 0.3) is 5.91 Å². The minimum absolute atomic E-state index is 0.0711. The molecule has 1 aliphatic carbocycles. The Balaban J connectivity index is 1.39. The van der Waals surface area contributed by atoms with Gasteiger partial charge >= 0.3 is 0 Å². The molecule has 1 amide bonds. The average Bonchev–Trinajstić information content (AvgIpc) is 3.37. The van der Waals surface area contributed by atoms with Crippen LogP contribution in [-0.4, -0.2) is 23.8 Å². The van der Waals surface area contributed by atoms with E-state index in [9.17, 15) is 9.90 Å². The number of carbonyl (C=O) groups excluding carboxylic acids is 1. The van der Waals surface area contributed by atoms with Crippen LogP contribution in [0.15, 0.2) is 84.0 Å². The first-order valence-corrected chi connectivity index (χ1v) is 11.4. The van der Waals surface area contributed by atoms with E-state index in [2.05, 4.69) is 52.3 Å². The Morgan fingerprint density at radius 3 is 2.68 bits per heavy atom. The number of allylic oxidation sites excluding steroid dienone is 2. The molecule has 5 rings (SSSR count). The Morgan fingerprint density at radius 2 is 1.91 bits per heavy atom. The molecule has 3 aromatic rings. The highest BCUT2D eigenvalue weighted by Crippen LogP contribution is 2.50. The van der Waals surface area contributed by atoms with Crippen LogP contribution in [0, 0.1) is 5.92 Å². The number of para-hydroxylation sites is 1. The first kappa shape index (κ1) is 21.8. The summed E-state index contributed by atoms with van der Waals surface area (Å²) in [5.41, 5.74) is 7.99. The molecule has 0 saturated heterocycles. The number of aromatic hydroxyl groups is 1. The number of anilines is 1. The topological polar surface area (TPSA) is 83.0 Å². The van der Waals surface area contributed by atoms with Crippen molar-refractivity contribution < 1.29 is 14.6 Å². The third-order valence-corrected chi connectivity index (χ3v) is 6.73. The number of rotatable bonds is 5. The Labute approximate surface area is 199 Å². The molecule has 3 aromatic carbocycles. The molecule has 2 aliphatic rings. The summed E-state index contributed by atoms with van der Waals surface area (Å²) >= 11 is 0. The molecule has 0 spiro atoms. The highest BCUT2D eigenvalue weighted by atomic mass is 16.5. The van der Waals surface area contributed by atoms with Gasteiger partial charge in [0.1, 0.15) is 11.5 Å². The molecule has 1 aliphatic heterocycles. The molecule has 34 heavy (non-hydrogen) atoms. The van der Waals surface area contributed by atoms with Crippen LogP contribution in [0.3, 0.4) is 0 Å². The Morgan fingerprint density at radius 1 is 1.12 bits per heavy atom. The summed E-state index contributed by atoms with van der Waals surface area (Å²) in [7, 11) is 1.68. The van der Waals surface area contributed by atoms with Gasteiger partial charge in [-0.2, -0.15) is 5.10 Å². The van der Waals surface area contributed by atoms with E-state index < -0.39 is 5.91 Å². The number of carbonyl (C=O) groups is 1. The van der Waals surface area contributed by atoms with E-state index in [1.165, 1.54) is 17.2 Å². The van der Waals surface area contributed by atoms with Crippen molar-refractivity contribution in [1.82, 2.24) is 5.43 Å². The van der Waals surface area contributed by atoms with E-state index in [0.29, 0.717) is 17.5 Å². The molecular weight excluding hydrogens is 426 g/mol. The largest absolute Gasteiger partial charge is 0.507 e. The van der Waals surface area contributed by atoms with Gasteiger partial charge in [-0.1, -0.05) is 42.5 Å². The lowest BCUT2D eigenvalue weighted by molar-refractivity contribution is 0.0952. The molecule has 6 nitrogen and oxygen atoms in total. The van der Waals surface area contributed by atoms with E-state index >= 15 is 0 Å². The SMILES string of the molecule is COc1ccc([C@@H]2Nc3ccc(/C(C)=N\NC(=O)c4ccccc4O)cc3[C@@H]3C=CC[C@@H]32)cc1. The van der Waals surface area contributed by atoms with Gasteiger partial charge in [-0.25, -0.2) is 5.43 Å². The number of ether oxygens (including phenoxy) is 1. The molecule has 0 unspecified atom stereocenters. The van der Waals surface area contributed by atoms with Gasteiger partial charge in [0.05, 0.1) is 24.4 Å². The van der Waals surface area contributed by atoms with Gasteiger partial charge in [-0.05, 0) is 72.4 Å². The molecule has 3 atom stereocenters. The van der Waals surface area contributed by atoms with Gasteiger partial charge in [0.15, 0.2) is 0 Å². The van der Waals surface area contributed by atoms with Crippen LogP contribution in [0.25, 0.3) is 0 Å². The fraction of sp³-hybridized carbons (Fsp3) is 0.214. The number of benzene rings is 3. The van der Waals surface area contributed by atoms with Crippen LogP contribution >= 0.6 is 0 Å². The number of fused-ring (bicyclic) bond motifs is 3. The normalized spacial score (nSPS) is 20.8. The zero-order chi connectivity index (χ0) is 23.7. The molecule has 0 aromatic heterocycles. The molecule has 0 bridgehead atoms. The summed E-state index contributed by atoms with van der Waals surface area (Å²) in [6.45, 7) is 1.87. The first-order valence-electron chi connectivity index (χ1n) is 11.4. The van der Waals surface area contributed by atoms with E-state index in [1.54, 1.807) is 25.3 Å². The fourth-order valence-corrected chi connectivity index (χ4v) is 4.89. The summed E-state index contributed by atoms with van der Waals surface area (Å²) in [6.07, 6.45) is 5.58. The van der Waals surface area contributed by atoms with E-state index in [0.717, 1.165) is 23.4 Å². The van der Waals surface area contributed by atoms with Crippen LogP contribution in [-0.2, 0) is 0 Å². The predicted molar refractivity (Wildman–Crippen MR) is 134 cm³/mol. The standard InChI is InChI=1S/C28H27N3O3/c1-17(30-31-28(33)23-6-3-4-9-26(23)32)19-12-15-25-24(16-19)21-7-5-8-22(21)27(29-25)18-10-13-20(34-2)14-11-18/h3-7,9-16,21-22,27,29,32H,8H2,1-2H3,(H,31,33)/b30-17-/t21-,22+,27+/m1/s1. The molecule has 3 N–H and O–H groups in total. The van der Waals surface area contributed by atoms with Crippen LogP contribution < -0.4 is 15.5 Å². The fourth-order valence-electron chi connectivity index (χ4n) is 4.89. The first-order chi connectivity index (χ1) is 16.5. The van der Waals surface area contributed by atoms with Gasteiger partial charge in [-0.15, -0.1) is 0 Å². The number of hydrogen-bond acceptors (Lipinski definition) is 5. The van der Waals surface area contributed by atoms with E-state index in [-0.39, 0.29) is 17.4 Å². The second-order valence-electron chi connectivity index (χ2n) is 8.71. The number of hydrazone groups is 1. The van der Waals surface area contributed by atoms with Crippen molar-refractivity contribution in [2.45, 2.75) is 25.3 Å². The molecule has 172 valence electrons. The number of phenolic OH excluding ortho intramolecular Hbond substituents is 1. The van der Waals surface area contributed by atoms with Crippen LogP contribution in [0.5, 0.6) is 11.5 Å². The van der Waals surface area contributed by atoms with Crippen molar-refractivity contribution in [3.05, 3.63) is 101 Å². The molecule has 0 fully saturated rings. The zero-order valence-corrected chi connectivity index (χ0v) is 19.2. The van der Waals surface area contributed by atoms with Crippen LogP contribution in [0.4, 0.5) is 5.69 Å². The third kappa shape index (κ3) is 4.03. The number of hydrogen-bond donors (Lipinski definition) is 3. The summed E-state index contributed by atoms with van der Waals surface area (Å²) in [6, 6.07) is 21.2. The summed E-state index contributed by atoms with van der Waals surface area (Å²) in [5.74, 6) is 1.08. The monoisotopic (exact) mass is 453 g/mol. The summed E-state index contributed by atoms with van der Waals surface area (Å²) in [4.78, 5) is 12.4. The van der Waals surface area contributed by atoms with Crippen molar-refractivity contribution in [2.24, 2.45) is 11.0 Å². The molecule has 1 heterocycles. The Bertz CT molecular complexity index is 1280. The summed E-state index contributed by atoms with van der Waals surface area (Å²) in [5, 5.41) is 17.9. The lowest BCUT2D eigenvalue weighted by Gasteiger charge is -2.37. The lowest BCUT2D eigenvalue weighted by Crippen LogP contribution is -2.29. The predicted octanol–water partition coefficient (Wildman–Crippen LogP) is 5.38. The minimum atomic E-state index is -0.446. The van der Waals surface area contributed by atoms with Crippen molar-refractivity contribution in [3.63, 3.8) is 0 Å². The van der Waals surface area contributed by atoms with Crippen LogP contribution in [0.2, 0.25) is 0 Å². The zero-order valence-electron chi connectivity index (χ0n) is 19.2. The lowest BCUT2D eigenvalue weighted by atomic mass is 9.76. The number of nitrogens with zero attached hydrogens (tertiary/aromatic N) is 1. The average molecular weight is 454 g/mol. The maximum Gasteiger partial charge on any atom is 0.275 e. The van der Waals surface area contributed by atoms with Crippen LogP contribution in [0.1, 0.15) is 52.4 Å². The quantitative estimate of drug-likeness (QED) is 0.275. The number of phenols is 1. The highest BCUT2D eigenvalue weighted by Gasteiger charge is 2.38. The number of nitrogens with one attached hydrogen (secondary N) is 2. The smallest absolute Gasteiger partial charge is 0.275 e. The van der Waals surface area contributed by atoms with Gasteiger partial charge in [-0.3, -0.25) is 4.79 Å². The van der Waals surface area contributed by atoms with Crippen molar-refractivity contribution in [2.75, 3.05) is 12.4 Å². The maximum atomic E-state index is 12.4. The molecule has 0 saturated carbocycles. The van der Waals surface area contributed by atoms with Crippen molar-refractivity contribution in [3.8, 4) is 11.5 Å². The number of amides is 1. The van der Waals surface area contributed by atoms with Crippen molar-refractivity contribution >= 4 is 17.3 Å². The van der Waals surface area contributed by atoms with Gasteiger partial charge in [0, 0.05) is 11.6 Å². The maximum absolute atomic E-state index is 12.4. The van der Waals surface area contributed by atoms with Gasteiger partial charge < -0.3 is 15.2 Å². The second-order valence-corrected chi connectivity index (χ2v) is 8.71. The summed E-state index contributed by atoms with van der Waals surface area (Å²) < 4.78 is 5.32. The molecular formula is C28H27N3O3. The van der Waals surface area contributed by atoms with Gasteiger partial charge in [0.2, 0.25) is 0 Å². The third-order valence-electron chi connectivity index (χ3n) is 6.73. The highest BCUT2D eigenvalue weighted by molar-refractivity contribution is 6.02. The minimum Gasteiger partial charge on any atom is -0.507 e. The Hall–Kier alpha value is -4.06. The van der Waals surface area contributed by atoms with E-state index in [1.807, 2.05) is 25.1 Å². The molecule has 6 heteroatoms. The second kappa shape index (κ2) is 9.06. The Kier molecular flexibility index (Phi) is 5.80. The van der Waals surface area contributed by atoms with Crippen molar-refractivity contribution in [1.29, 1.82) is 0 Å². The molecule has 0 radical (unpaired) electrons.